The molecule has 0 saturated heterocycles. The Kier molecular flexibility index (Phi) is 5.17. The van der Waals surface area contributed by atoms with Crippen LogP contribution in [0.3, 0.4) is 0 Å². The summed E-state index contributed by atoms with van der Waals surface area (Å²) in [7, 11) is 0. The highest BCUT2D eigenvalue weighted by Crippen LogP contribution is 2.17. The van der Waals surface area contributed by atoms with Crippen LogP contribution in [0.1, 0.15) is 37.7 Å². The van der Waals surface area contributed by atoms with Gasteiger partial charge in [-0.2, -0.15) is 5.10 Å². The Bertz CT molecular complexity index is 998. The van der Waals surface area contributed by atoms with Crippen molar-refractivity contribution in [2.24, 2.45) is 5.10 Å². The molecule has 0 bridgehead atoms. The van der Waals surface area contributed by atoms with Crippen molar-refractivity contribution in [3.05, 3.63) is 88.7 Å². The Morgan fingerprint density at radius 2 is 1.59 bits per heavy atom. The van der Waals surface area contributed by atoms with Crippen molar-refractivity contribution >= 4 is 18.1 Å². The molecule has 6 nitrogen and oxygen atoms in total. The van der Waals surface area contributed by atoms with Gasteiger partial charge in [0.25, 0.3) is 5.91 Å². The van der Waals surface area contributed by atoms with E-state index in [1.807, 2.05) is 38.1 Å². The minimum Gasteiger partial charge on any atom is -0.478 e. The Hall–Kier alpha value is -3.67. The number of carboxylic acid groups (broad SMARTS) is 1. The first-order valence-electron chi connectivity index (χ1n) is 8.38. The lowest BCUT2D eigenvalue weighted by atomic mass is 10.1. The molecule has 1 heterocycles. The fourth-order valence-corrected chi connectivity index (χ4v) is 2.87. The number of aromatic carboxylic acids is 1. The van der Waals surface area contributed by atoms with Crippen LogP contribution in [0.25, 0.3) is 5.69 Å². The zero-order valence-corrected chi connectivity index (χ0v) is 15.0. The molecule has 0 aliphatic carbocycles. The smallest absolute Gasteiger partial charge is 0.336 e. The van der Waals surface area contributed by atoms with Crippen molar-refractivity contribution in [1.29, 1.82) is 0 Å². The molecule has 0 fully saturated rings. The number of carbonyl (C=O) groups excluding carboxylic acids is 1. The molecule has 0 spiro atoms. The van der Waals surface area contributed by atoms with Gasteiger partial charge in [-0.15, -0.1) is 0 Å². The van der Waals surface area contributed by atoms with E-state index in [1.54, 1.807) is 30.3 Å². The summed E-state index contributed by atoms with van der Waals surface area (Å²) in [5.41, 5.74) is 6.63. The third-order valence-corrected chi connectivity index (χ3v) is 4.22. The highest BCUT2D eigenvalue weighted by molar-refractivity contribution is 5.99. The lowest BCUT2D eigenvalue weighted by molar-refractivity contribution is 0.0696. The van der Waals surface area contributed by atoms with Gasteiger partial charge in [0.1, 0.15) is 0 Å². The number of rotatable bonds is 5. The molecule has 1 amide bonds. The predicted molar refractivity (Wildman–Crippen MR) is 104 cm³/mol. The average Bonchev–Trinajstić information content (AvgIpc) is 3.00. The van der Waals surface area contributed by atoms with Gasteiger partial charge in [0.2, 0.25) is 0 Å². The summed E-state index contributed by atoms with van der Waals surface area (Å²) in [6.45, 7) is 4.05. The van der Waals surface area contributed by atoms with Crippen molar-refractivity contribution < 1.29 is 14.7 Å². The van der Waals surface area contributed by atoms with Gasteiger partial charge >= 0.3 is 5.97 Å². The van der Waals surface area contributed by atoms with E-state index in [0.29, 0.717) is 11.1 Å². The third kappa shape index (κ3) is 3.95. The molecule has 0 radical (unpaired) electrons. The van der Waals surface area contributed by atoms with Crippen LogP contribution in [-0.2, 0) is 0 Å². The van der Waals surface area contributed by atoms with Crippen molar-refractivity contribution in [1.82, 2.24) is 9.99 Å². The van der Waals surface area contributed by atoms with E-state index < -0.39 is 5.97 Å². The number of amides is 1. The Morgan fingerprint density at radius 1 is 0.963 bits per heavy atom. The lowest BCUT2D eigenvalue weighted by Gasteiger charge is -2.10. The summed E-state index contributed by atoms with van der Waals surface area (Å²) in [6.07, 6.45) is 1.32. The minimum absolute atomic E-state index is 0.123. The quantitative estimate of drug-likeness (QED) is 0.538. The first-order chi connectivity index (χ1) is 13.0. The summed E-state index contributed by atoms with van der Waals surface area (Å²) in [5.74, 6) is -1.42. The first-order valence-corrected chi connectivity index (χ1v) is 8.38. The van der Waals surface area contributed by atoms with Crippen molar-refractivity contribution in [2.75, 3.05) is 0 Å². The molecule has 0 aliphatic heterocycles. The van der Waals surface area contributed by atoms with E-state index in [4.69, 9.17) is 5.11 Å². The Labute approximate surface area is 156 Å². The van der Waals surface area contributed by atoms with E-state index in [1.165, 1.54) is 12.3 Å². The number of nitrogens with one attached hydrogen (secondary N) is 1. The summed E-state index contributed by atoms with van der Waals surface area (Å²) in [4.78, 5) is 23.4. The van der Waals surface area contributed by atoms with Gasteiger partial charge < -0.3 is 9.67 Å². The highest BCUT2D eigenvalue weighted by Gasteiger charge is 2.09. The molecule has 0 atom stereocenters. The van der Waals surface area contributed by atoms with Gasteiger partial charge in [-0.1, -0.05) is 18.2 Å². The number of benzene rings is 2. The summed E-state index contributed by atoms with van der Waals surface area (Å²) >= 11 is 0. The zero-order valence-electron chi connectivity index (χ0n) is 15.0. The summed E-state index contributed by atoms with van der Waals surface area (Å²) in [5, 5.41) is 13.0. The lowest BCUT2D eigenvalue weighted by Crippen LogP contribution is -2.18. The average molecular weight is 361 g/mol. The fourth-order valence-electron chi connectivity index (χ4n) is 2.87. The second-order valence-corrected chi connectivity index (χ2v) is 6.09. The topological polar surface area (TPSA) is 83.7 Å². The van der Waals surface area contributed by atoms with Gasteiger partial charge in [0, 0.05) is 28.2 Å². The number of hydrazone groups is 1. The first kappa shape index (κ1) is 18.1. The van der Waals surface area contributed by atoms with Crippen LogP contribution in [0.4, 0.5) is 0 Å². The van der Waals surface area contributed by atoms with Crippen molar-refractivity contribution in [3.63, 3.8) is 0 Å². The molecule has 0 aliphatic rings. The highest BCUT2D eigenvalue weighted by atomic mass is 16.4. The summed E-state index contributed by atoms with van der Waals surface area (Å²) < 4.78 is 2.10. The molecular weight excluding hydrogens is 342 g/mol. The van der Waals surface area contributed by atoms with Crippen molar-refractivity contribution in [3.8, 4) is 5.69 Å². The monoisotopic (exact) mass is 361 g/mol. The number of hydrogen-bond acceptors (Lipinski definition) is 3. The van der Waals surface area contributed by atoms with Crippen LogP contribution in [0.5, 0.6) is 0 Å². The molecule has 1 aromatic heterocycles. The van der Waals surface area contributed by atoms with E-state index in [9.17, 15) is 9.59 Å². The number of hydrogen-bond donors (Lipinski definition) is 2. The number of carbonyl (C=O) groups is 2. The molecule has 0 saturated carbocycles. The maximum absolute atomic E-state index is 12.2. The van der Waals surface area contributed by atoms with Crippen LogP contribution < -0.4 is 5.43 Å². The minimum atomic E-state index is -1.05. The predicted octanol–water partition coefficient (Wildman–Crippen LogP) is 3.56. The third-order valence-electron chi connectivity index (χ3n) is 4.22. The number of nitrogens with zero attached hydrogens (tertiary/aromatic N) is 2. The molecular formula is C21H19N3O3. The summed E-state index contributed by atoms with van der Waals surface area (Å²) in [6, 6.07) is 17.7. The van der Waals surface area contributed by atoms with Crippen LogP contribution in [-0.4, -0.2) is 27.8 Å². The Balaban J connectivity index is 1.71. The van der Waals surface area contributed by atoms with E-state index in [0.717, 1.165) is 17.1 Å². The maximum Gasteiger partial charge on any atom is 0.336 e. The van der Waals surface area contributed by atoms with Gasteiger partial charge in [-0.25, -0.2) is 10.2 Å². The van der Waals surface area contributed by atoms with Crippen LogP contribution in [0.15, 0.2) is 65.8 Å². The van der Waals surface area contributed by atoms with Gasteiger partial charge in [0.05, 0.1) is 11.8 Å². The zero-order chi connectivity index (χ0) is 19.4. The van der Waals surface area contributed by atoms with Crippen LogP contribution in [0.2, 0.25) is 0 Å². The molecule has 2 N–H and O–H groups in total. The Morgan fingerprint density at radius 3 is 2.22 bits per heavy atom. The fraction of sp³-hybridized carbons (Fsp3) is 0.0952. The molecule has 2 aromatic carbocycles. The molecule has 27 heavy (non-hydrogen) atoms. The van der Waals surface area contributed by atoms with Gasteiger partial charge in [-0.05, 0) is 56.3 Å². The molecule has 6 heteroatoms. The second kappa shape index (κ2) is 7.70. The van der Waals surface area contributed by atoms with Crippen LogP contribution >= 0.6 is 0 Å². The maximum atomic E-state index is 12.2. The van der Waals surface area contributed by atoms with E-state index in [-0.39, 0.29) is 11.5 Å². The molecule has 136 valence electrons. The SMILES string of the molecule is Cc1ccc(C)n1-c1ccc(C(=O)NN=Cc2ccccc2C(=O)O)cc1. The number of aryl methyl sites for hydroxylation is 2. The standard InChI is InChI=1S/C21H19N3O3/c1-14-7-8-15(2)24(14)18-11-9-16(10-12-18)20(25)23-22-13-17-5-3-4-6-19(17)21(26)27/h3-13H,1-2H3,(H,23,25)(H,26,27). The van der Waals surface area contributed by atoms with E-state index in [2.05, 4.69) is 15.1 Å². The molecule has 3 aromatic rings. The normalized spacial score (nSPS) is 10.9. The number of aromatic nitrogens is 1. The largest absolute Gasteiger partial charge is 0.478 e. The van der Waals surface area contributed by atoms with Gasteiger partial charge in [0.15, 0.2) is 0 Å². The second-order valence-electron chi connectivity index (χ2n) is 6.09. The molecule has 0 unspecified atom stereocenters. The van der Waals surface area contributed by atoms with Crippen molar-refractivity contribution in [2.45, 2.75) is 13.8 Å². The van der Waals surface area contributed by atoms with Gasteiger partial charge in [-0.3, -0.25) is 4.79 Å². The van der Waals surface area contributed by atoms with E-state index >= 15 is 0 Å². The molecule has 3 rings (SSSR count). The number of carboxylic acids is 1. The van der Waals surface area contributed by atoms with Crippen LogP contribution in [0, 0.1) is 13.8 Å².